The van der Waals surface area contributed by atoms with Crippen molar-refractivity contribution in [2.24, 2.45) is 0 Å². The summed E-state index contributed by atoms with van der Waals surface area (Å²) >= 11 is 0. The van der Waals surface area contributed by atoms with Gasteiger partial charge in [-0.3, -0.25) is 9.48 Å². The number of nitrogens with zero attached hydrogens (tertiary/aromatic N) is 2. The molecule has 3 heterocycles. The average Bonchev–Trinajstić information content (AvgIpc) is 3.18. The highest BCUT2D eigenvalue weighted by molar-refractivity contribution is 5.92. The van der Waals surface area contributed by atoms with Crippen molar-refractivity contribution in [3.8, 4) is 11.5 Å². The van der Waals surface area contributed by atoms with Crippen molar-refractivity contribution in [3.05, 3.63) is 41.2 Å². The molecule has 0 atom stereocenters. The molecule has 1 aromatic heterocycles. The van der Waals surface area contributed by atoms with Crippen LogP contribution in [0.1, 0.15) is 34.6 Å². The molecule has 6 nitrogen and oxygen atoms in total. The molecule has 2 aliphatic rings. The minimum atomic E-state index is -0.139. The molecule has 0 saturated heterocycles. The Hall–Kier alpha value is -2.50. The molecule has 0 bridgehead atoms. The van der Waals surface area contributed by atoms with Gasteiger partial charge in [-0.2, -0.15) is 5.10 Å². The van der Waals surface area contributed by atoms with E-state index in [0.717, 1.165) is 42.1 Å². The molecule has 0 saturated carbocycles. The third-order valence-electron chi connectivity index (χ3n) is 4.04. The number of nitrogens with one attached hydrogen (secondary N) is 1. The lowest BCUT2D eigenvalue weighted by Crippen LogP contribution is -2.23. The minimum absolute atomic E-state index is 0.139. The second kappa shape index (κ2) is 5.36. The quantitative estimate of drug-likeness (QED) is 0.940. The van der Waals surface area contributed by atoms with Crippen molar-refractivity contribution in [2.75, 3.05) is 6.79 Å². The minimum Gasteiger partial charge on any atom is -0.454 e. The van der Waals surface area contributed by atoms with Gasteiger partial charge in [0.25, 0.3) is 5.91 Å². The van der Waals surface area contributed by atoms with Crippen LogP contribution < -0.4 is 14.8 Å². The lowest BCUT2D eigenvalue weighted by molar-refractivity contribution is 0.0945. The van der Waals surface area contributed by atoms with Crippen molar-refractivity contribution < 1.29 is 14.3 Å². The second-order valence-electron chi connectivity index (χ2n) is 5.57. The number of hydrogen-bond acceptors (Lipinski definition) is 4. The Morgan fingerprint density at radius 3 is 3.05 bits per heavy atom. The standard InChI is InChI=1S/C16H17N3O3/c20-16(13-8-12-3-1-2-6-19(12)18-13)17-9-11-4-5-14-15(7-11)22-10-21-14/h4-5,7-8H,1-3,6,9-10H2,(H,17,20). The Bertz CT molecular complexity index is 700. The van der Waals surface area contributed by atoms with Gasteiger partial charge in [0.1, 0.15) is 5.69 Å². The number of aryl methyl sites for hydroxylation is 2. The molecular formula is C16H17N3O3. The number of amides is 1. The number of fused-ring (bicyclic) bond motifs is 2. The van der Waals surface area contributed by atoms with Crippen LogP contribution in [-0.2, 0) is 19.5 Å². The average molecular weight is 299 g/mol. The highest BCUT2D eigenvalue weighted by Crippen LogP contribution is 2.32. The predicted molar refractivity (Wildman–Crippen MR) is 78.9 cm³/mol. The van der Waals surface area contributed by atoms with Gasteiger partial charge >= 0.3 is 0 Å². The Morgan fingerprint density at radius 2 is 2.14 bits per heavy atom. The molecule has 0 unspecified atom stereocenters. The number of carbonyl (C=O) groups is 1. The maximum Gasteiger partial charge on any atom is 0.272 e. The molecule has 0 spiro atoms. The van der Waals surface area contributed by atoms with Crippen LogP contribution in [0.4, 0.5) is 0 Å². The van der Waals surface area contributed by atoms with Crippen LogP contribution in [0.15, 0.2) is 24.3 Å². The first-order valence-electron chi connectivity index (χ1n) is 7.53. The van der Waals surface area contributed by atoms with E-state index in [9.17, 15) is 4.79 Å². The van der Waals surface area contributed by atoms with Gasteiger partial charge in [-0.05, 0) is 43.0 Å². The van der Waals surface area contributed by atoms with Crippen LogP contribution in [0.3, 0.4) is 0 Å². The fourth-order valence-electron chi connectivity index (χ4n) is 2.85. The Labute approximate surface area is 128 Å². The summed E-state index contributed by atoms with van der Waals surface area (Å²) in [5.74, 6) is 1.33. The van der Waals surface area contributed by atoms with Gasteiger partial charge in [-0.1, -0.05) is 6.07 Å². The highest BCUT2D eigenvalue weighted by Gasteiger charge is 2.17. The molecular weight excluding hydrogens is 282 g/mol. The summed E-state index contributed by atoms with van der Waals surface area (Å²) < 4.78 is 12.6. The van der Waals surface area contributed by atoms with E-state index in [4.69, 9.17) is 9.47 Å². The van der Waals surface area contributed by atoms with Crippen LogP contribution >= 0.6 is 0 Å². The molecule has 114 valence electrons. The van der Waals surface area contributed by atoms with Crippen molar-refractivity contribution in [1.82, 2.24) is 15.1 Å². The van der Waals surface area contributed by atoms with Gasteiger partial charge in [0, 0.05) is 18.8 Å². The number of rotatable bonds is 3. The molecule has 2 aliphatic heterocycles. The van der Waals surface area contributed by atoms with E-state index in [0.29, 0.717) is 12.2 Å². The zero-order valence-electron chi connectivity index (χ0n) is 12.2. The van der Waals surface area contributed by atoms with Crippen molar-refractivity contribution in [2.45, 2.75) is 32.4 Å². The topological polar surface area (TPSA) is 65.4 Å². The van der Waals surface area contributed by atoms with Crippen LogP contribution in [-0.4, -0.2) is 22.5 Å². The molecule has 0 fully saturated rings. The third-order valence-corrected chi connectivity index (χ3v) is 4.04. The number of carbonyl (C=O) groups excluding carboxylic acids is 1. The van der Waals surface area contributed by atoms with E-state index >= 15 is 0 Å². The summed E-state index contributed by atoms with van der Waals surface area (Å²) in [5, 5.41) is 7.29. The molecule has 1 aromatic carbocycles. The highest BCUT2D eigenvalue weighted by atomic mass is 16.7. The van der Waals surface area contributed by atoms with Gasteiger partial charge in [-0.15, -0.1) is 0 Å². The Kier molecular flexibility index (Phi) is 3.21. The monoisotopic (exact) mass is 299 g/mol. The fraction of sp³-hybridized carbons (Fsp3) is 0.375. The summed E-state index contributed by atoms with van der Waals surface area (Å²) in [5.41, 5.74) is 2.62. The summed E-state index contributed by atoms with van der Waals surface area (Å²) in [6, 6.07) is 7.57. The largest absolute Gasteiger partial charge is 0.454 e. The molecule has 0 aliphatic carbocycles. The van der Waals surface area contributed by atoms with Crippen molar-refractivity contribution >= 4 is 5.91 Å². The number of ether oxygens (including phenoxy) is 2. The van der Waals surface area contributed by atoms with Crippen LogP contribution in [0.25, 0.3) is 0 Å². The molecule has 4 rings (SSSR count). The molecule has 0 radical (unpaired) electrons. The number of aromatic nitrogens is 2. The Balaban J connectivity index is 1.43. The molecule has 1 N–H and O–H groups in total. The Morgan fingerprint density at radius 1 is 1.23 bits per heavy atom. The van der Waals surface area contributed by atoms with Gasteiger partial charge < -0.3 is 14.8 Å². The molecule has 6 heteroatoms. The first kappa shape index (κ1) is 13.2. The van der Waals surface area contributed by atoms with Gasteiger partial charge in [0.05, 0.1) is 0 Å². The van der Waals surface area contributed by atoms with E-state index in [-0.39, 0.29) is 12.7 Å². The van der Waals surface area contributed by atoms with Gasteiger partial charge in [0.2, 0.25) is 6.79 Å². The van der Waals surface area contributed by atoms with E-state index in [2.05, 4.69) is 10.4 Å². The maximum absolute atomic E-state index is 12.2. The summed E-state index contributed by atoms with van der Waals surface area (Å²) in [6.07, 6.45) is 3.30. The van der Waals surface area contributed by atoms with E-state index < -0.39 is 0 Å². The van der Waals surface area contributed by atoms with Crippen molar-refractivity contribution in [1.29, 1.82) is 0 Å². The first-order chi connectivity index (χ1) is 10.8. The molecule has 2 aromatic rings. The summed E-state index contributed by atoms with van der Waals surface area (Å²) in [7, 11) is 0. The summed E-state index contributed by atoms with van der Waals surface area (Å²) in [4.78, 5) is 12.2. The lowest BCUT2D eigenvalue weighted by Gasteiger charge is -2.11. The molecule has 1 amide bonds. The lowest BCUT2D eigenvalue weighted by atomic mass is 10.1. The number of hydrogen-bond donors (Lipinski definition) is 1. The first-order valence-corrected chi connectivity index (χ1v) is 7.53. The van der Waals surface area contributed by atoms with Crippen LogP contribution in [0.5, 0.6) is 11.5 Å². The van der Waals surface area contributed by atoms with E-state index in [1.807, 2.05) is 28.9 Å². The van der Waals surface area contributed by atoms with Crippen LogP contribution in [0.2, 0.25) is 0 Å². The van der Waals surface area contributed by atoms with Gasteiger partial charge in [-0.25, -0.2) is 0 Å². The van der Waals surface area contributed by atoms with E-state index in [1.165, 1.54) is 6.42 Å². The molecule has 22 heavy (non-hydrogen) atoms. The van der Waals surface area contributed by atoms with Crippen molar-refractivity contribution in [3.63, 3.8) is 0 Å². The van der Waals surface area contributed by atoms with E-state index in [1.54, 1.807) is 0 Å². The normalized spacial score (nSPS) is 15.5. The second-order valence-corrected chi connectivity index (χ2v) is 5.57. The maximum atomic E-state index is 12.2. The smallest absolute Gasteiger partial charge is 0.272 e. The third kappa shape index (κ3) is 2.41. The number of benzene rings is 1. The summed E-state index contributed by atoms with van der Waals surface area (Å²) in [6.45, 7) is 1.60. The zero-order chi connectivity index (χ0) is 14.9. The predicted octanol–water partition coefficient (Wildman–Crippen LogP) is 1.88. The van der Waals surface area contributed by atoms with Crippen LogP contribution in [0, 0.1) is 0 Å². The van der Waals surface area contributed by atoms with Gasteiger partial charge in [0.15, 0.2) is 11.5 Å². The SMILES string of the molecule is O=C(NCc1ccc2c(c1)OCO2)c1cc2n(n1)CCCC2. The fourth-order valence-corrected chi connectivity index (χ4v) is 2.85. The zero-order valence-corrected chi connectivity index (χ0v) is 12.2.